The van der Waals surface area contributed by atoms with Crippen molar-refractivity contribution in [2.24, 2.45) is 0 Å². The van der Waals surface area contributed by atoms with E-state index in [4.69, 9.17) is 0 Å². The number of nitrogens with zero attached hydrogens (tertiary/aromatic N) is 4. The number of nitrogens with one attached hydrogen (secondary N) is 1. The zero-order valence-corrected chi connectivity index (χ0v) is 17.2. The molecule has 1 saturated heterocycles. The maximum atomic E-state index is 13.1. The van der Waals surface area contributed by atoms with Crippen molar-refractivity contribution in [1.82, 2.24) is 24.9 Å². The Morgan fingerprint density at radius 2 is 1.96 bits per heavy atom. The molecule has 1 fully saturated rings. The van der Waals surface area contributed by atoms with E-state index in [0.29, 0.717) is 31.2 Å². The smallest absolute Gasteiger partial charge is 0.274 e. The van der Waals surface area contributed by atoms with Crippen LogP contribution >= 0.6 is 0 Å². The molecular weight excluding hydrogens is 358 g/mol. The standard InChI is InChI=1S/C20H31N5O3/c1-4-14-7-5-6-11-25(14)20(28)19-15-10-12-24(13-16(15)21-22-19)18(27)9-8-17(26)23(2)3/h14H,4-13H2,1-3H3,(H,21,22). The van der Waals surface area contributed by atoms with Crippen LogP contribution < -0.4 is 0 Å². The topological polar surface area (TPSA) is 89.6 Å². The molecule has 3 amide bonds. The summed E-state index contributed by atoms with van der Waals surface area (Å²) < 4.78 is 0. The van der Waals surface area contributed by atoms with Gasteiger partial charge in [0.15, 0.2) is 5.69 Å². The van der Waals surface area contributed by atoms with Crippen LogP contribution in [0, 0.1) is 0 Å². The number of fused-ring (bicyclic) bond motifs is 1. The zero-order valence-electron chi connectivity index (χ0n) is 17.2. The van der Waals surface area contributed by atoms with Crippen LogP contribution in [-0.4, -0.2) is 75.8 Å². The molecule has 3 rings (SSSR count). The number of aromatic nitrogens is 2. The van der Waals surface area contributed by atoms with Gasteiger partial charge in [0.1, 0.15) is 0 Å². The average Bonchev–Trinajstić information content (AvgIpc) is 3.14. The van der Waals surface area contributed by atoms with Crippen molar-refractivity contribution in [2.45, 2.75) is 64.5 Å². The molecule has 0 radical (unpaired) electrons. The number of amides is 3. The molecule has 0 spiro atoms. The van der Waals surface area contributed by atoms with Gasteiger partial charge in [-0.05, 0) is 32.1 Å². The van der Waals surface area contributed by atoms with Crippen molar-refractivity contribution in [2.75, 3.05) is 27.2 Å². The fourth-order valence-corrected chi connectivity index (χ4v) is 4.13. The number of hydrogen-bond acceptors (Lipinski definition) is 4. The SMILES string of the molecule is CCC1CCCCN1C(=O)c1n[nH]c2c1CCN(C(=O)CCC(=O)N(C)C)C2. The second-order valence-corrected chi connectivity index (χ2v) is 7.94. The number of H-pyrrole nitrogens is 1. The van der Waals surface area contributed by atoms with E-state index < -0.39 is 0 Å². The maximum Gasteiger partial charge on any atom is 0.274 e. The highest BCUT2D eigenvalue weighted by Crippen LogP contribution is 2.26. The van der Waals surface area contributed by atoms with E-state index in [0.717, 1.165) is 37.1 Å². The predicted octanol–water partition coefficient (Wildman–Crippen LogP) is 1.57. The minimum atomic E-state index is -0.0486. The van der Waals surface area contributed by atoms with E-state index in [2.05, 4.69) is 17.1 Å². The van der Waals surface area contributed by atoms with E-state index in [9.17, 15) is 14.4 Å². The predicted molar refractivity (Wildman–Crippen MR) is 105 cm³/mol. The van der Waals surface area contributed by atoms with E-state index >= 15 is 0 Å². The first kappa shape index (κ1) is 20.4. The van der Waals surface area contributed by atoms with Gasteiger partial charge in [0.05, 0.1) is 12.2 Å². The van der Waals surface area contributed by atoms with Gasteiger partial charge in [-0.1, -0.05) is 6.92 Å². The van der Waals surface area contributed by atoms with Gasteiger partial charge in [-0.3, -0.25) is 19.5 Å². The van der Waals surface area contributed by atoms with Gasteiger partial charge in [-0.15, -0.1) is 0 Å². The van der Waals surface area contributed by atoms with Gasteiger partial charge >= 0.3 is 0 Å². The van der Waals surface area contributed by atoms with Crippen molar-refractivity contribution in [1.29, 1.82) is 0 Å². The summed E-state index contributed by atoms with van der Waals surface area (Å²) in [6, 6.07) is 0.296. The van der Waals surface area contributed by atoms with Crippen LogP contribution in [0.3, 0.4) is 0 Å². The van der Waals surface area contributed by atoms with Gasteiger partial charge in [-0.25, -0.2) is 0 Å². The number of hydrogen-bond donors (Lipinski definition) is 1. The highest BCUT2D eigenvalue weighted by atomic mass is 16.2. The Balaban J connectivity index is 1.65. The number of aromatic amines is 1. The van der Waals surface area contributed by atoms with Gasteiger partial charge in [-0.2, -0.15) is 5.10 Å². The van der Waals surface area contributed by atoms with Crippen molar-refractivity contribution < 1.29 is 14.4 Å². The molecule has 1 aromatic heterocycles. The van der Waals surface area contributed by atoms with E-state index in [1.165, 1.54) is 11.3 Å². The highest BCUT2D eigenvalue weighted by molar-refractivity contribution is 5.94. The zero-order chi connectivity index (χ0) is 20.3. The third-order valence-corrected chi connectivity index (χ3v) is 5.90. The molecule has 0 bridgehead atoms. The summed E-state index contributed by atoms with van der Waals surface area (Å²) in [5.74, 6) is -0.0710. The number of carbonyl (C=O) groups is 3. The van der Waals surface area contributed by atoms with E-state index in [1.54, 1.807) is 19.0 Å². The van der Waals surface area contributed by atoms with Gasteiger partial charge in [0.25, 0.3) is 5.91 Å². The number of piperidine rings is 1. The second kappa shape index (κ2) is 8.75. The van der Waals surface area contributed by atoms with Crippen LogP contribution in [0.5, 0.6) is 0 Å². The van der Waals surface area contributed by atoms with Crippen molar-refractivity contribution >= 4 is 17.7 Å². The molecule has 0 aromatic carbocycles. The Morgan fingerprint density at radius 1 is 1.18 bits per heavy atom. The lowest BCUT2D eigenvalue weighted by molar-refractivity contribution is -0.136. The van der Waals surface area contributed by atoms with Crippen molar-refractivity contribution in [3.05, 3.63) is 17.0 Å². The van der Waals surface area contributed by atoms with Crippen LogP contribution in [0.1, 0.15) is 67.2 Å². The number of rotatable bonds is 5. The molecule has 1 unspecified atom stereocenters. The molecule has 0 aliphatic carbocycles. The average molecular weight is 390 g/mol. The fourth-order valence-electron chi connectivity index (χ4n) is 4.13. The summed E-state index contributed by atoms with van der Waals surface area (Å²) in [6.07, 6.45) is 5.28. The summed E-state index contributed by atoms with van der Waals surface area (Å²) in [7, 11) is 3.38. The van der Waals surface area contributed by atoms with Crippen molar-refractivity contribution in [3.8, 4) is 0 Å². The largest absolute Gasteiger partial charge is 0.349 e. The first-order chi connectivity index (χ1) is 13.4. The highest BCUT2D eigenvalue weighted by Gasteiger charge is 2.32. The lowest BCUT2D eigenvalue weighted by Gasteiger charge is -2.35. The summed E-state index contributed by atoms with van der Waals surface area (Å²) in [5, 5.41) is 7.30. The summed E-state index contributed by atoms with van der Waals surface area (Å²) in [5.41, 5.74) is 2.30. The van der Waals surface area contributed by atoms with E-state index in [-0.39, 0.29) is 30.6 Å². The lowest BCUT2D eigenvalue weighted by atomic mass is 9.98. The molecule has 0 saturated carbocycles. The van der Waals surface area contributed by atoms with E-state index in [1.807, 2.05) is 4.90 Å². The lowest BCUT2D eigenvalue weighted by Crippen LogP contribution is -2.44. The summed E-state index contributed by atoms with van der Waals surface area (Å²) in [4.78, 5) is 42.5. The molecule has 1 atom stereocenters. The Bertz CT molecular complexity index is 742. The molecule has 8 heteroatoms. The molecule has 3 heterocycles. The fraction of sp³-hybridized carbons (Fsp3) is 0.700. The quantitative estimate of drug-likeness (QED) is 0.828. The van der Waals surface area contributed by atoms with Crippen LogP contribution in [-0.2, 0) is 22.6 Å². The third kappa shape index (κ3) is 4.20. The first-order valence-electron chi connectivity index (χ1n) is 10.3. The van der Waals surface area contributed by atoms with Gasteiger partial charge in [0, 0.05) is 51.6 Å². The maximum absolute atomic E-state index is 13.1. The number of likely N-dealkylation sites (tertiary alicyclic amines) is 1. The molecule has 28 heavy (non-hydrogen) atoms. The minimum absolute atomic E-state index is 0.0143. The number of carbonyl (C=O) groups excluding carboxylic acids is 3. The third-order valence-electron chi connectivity index (χ3n) is 5.90. The molecule has 8 nitrogen and oxygen atoms in total. The molecule has 2 aliphatic heterocycles. The summed E-state index contributed by atoms with van der Waals surface area (Å²) >= 11 is 0. The Labute approximate surface area is 166 Å². The molecule has 154 valence electrons. The molecular formula is C20H31N5O3. The van der Waals surface area contributed by atoms with Crippen molar-refractivity contribution in [3.63, 3.8) is 0 Å². The Hall–Kier alpha value is -2.38. The van der Waals surface area contributed by atoms with Crippen LogP contribution in [0.15, 0.2) is 0 Å². The monoisotopic (exact) mass is 389 g/mol. The van der Waals surface area contributed by atoms with Crippen LogP contribution in [0.2, 0.25) is 0 Å². The van der Waals surface area contributed by atoms with Gasteiger partial charge < -0.3 is 14.7 Å². The van der Waals surface area contributed by atoms with Gasteiger partial charge in [0.2, 0.25) is 11.8 Å². The normalized spacial score (nSPS) is 19.3. The summed E-state index contributed by atoms with van der Waals surface area (Å²) in [6.45, 7) is 3.89. The second-order valence-electron chi connectivity index (χ2n) is 7.94. The van der Waals surface area contributed by atoms with Crippen LogP contribution in [0.25, 0.3) is 0 Å². The molecule has 2 aliphatic rings. The Morgan fingerprint density at radius 3 is 2.68 bits per heavy atom. The molecule has 1 N–H and O–H groups in total. The first-order valence-corrected chi connectivity index (χ1v) is 10.3. The molecule has 1 aromatic rings. The minimum Gasteiger partial charge on any atom is -0.349 e. The Kier molecular flexibility index (Phi) is 6.36. The van der Waals surface area contributed by atoms with Crippen LogP contribution in [0.4, 0.5) is 0 Å².